The van der Waals surface area contributed by atoms with Crippen LogP contribution in [0.2, 0.25) is 0 Å². The molecule has 0 heterocycles. The van der Waals surface area contributed by atoms with Crippen LogP contribution in [0.1, 0.15) is 31.1 Å². The Morgan fingerprint density at radius 3 is 2.17 bits per heavy atom. The van der Waals surface area contributed by atoms with Crippen molar-refractivity contribution in [3.63, 3.8) is 0 Å². The molecule has 1 rings (SSSR count). The zero-order chi connectivity index (χ0) is 13.6. The summed E-state index contributed by atoms with van der Waals surface area (Å²) >= 11 is 0. The summed E-state index contributed by atoms with van der Waals surface area (Å²) < 4.78 is 22.5. The number of carbonyl (C=O) groups is 1. The average molecular weight is 270 g/mol. The van der Waals surface area contributed by atoms with Gasteiger partial charge in [-0.15, -0.1) is 0 Å². The minimum absolute atomic E-state index is 0.0132. The molecule has 4 nitrogen and oxygen atoms in total. The van der Waals surface area contributed by atoms with Crippen molar-refractivity contribution in [1.82, 2.24) is 0 Å². The molecule has 0 saturated carbocycles. The summed E-state index contributed by atoms with van der Waals surface area (Å²) in [6, 6.07) is 6.78. The fourth-order valence-electron chi connectivity index (χ4n) is 1.38. The molecule has 0 radical (unpaired) electrons. The summed E-state index contributed by atoms with van der Waals surface area (Å²) in [7, 11) is -2.52. The van der Waals surface area contributed by atoms with Gasteiger partial charge < -0.3 is 4.74 Å². The van der Waals surface area contributed by atoms with Gasteiger partial charge >= 0.3 is 0 Å². The van der Waals surface area contributed by atoms with Crippen LogP contribution in [0.3, 0.4) is 0 Å². The Morgan fingerprint density at radius 2 is 1.72 bits per heavy atom. The van der Waals surface area contributed by atoms with Crippen LogP contribution in [0.15, 0.2) is 24.3 Å². The van der Waals surface area contributed by atoms with Crippen molar-refractivity contribution in [2.45, 2.75) is 20.8 Å². The van der Waals surface area contributed by atoms with Crippen LogP contribution in [0.25, 0.3) is 0 Å². The lowest BCUT2D eigenvalue weighted by atomic mass is 10.1. The molecule has 0 bridgehead atoms. The summed E-state index contributed by atoms with van der Waals surface area (Å²) in [4.78, 5) is 11.1. The third-order valence-electron chi connectivity index (χ3n) is 2.74. The number of benzene rings is 1. The molecule has 100 valence electrons. The fourth-order valence-corrected chi connectivity index (χ4v) is 2.44. The first-order valence-corrected chi connectivity index (χ1v) is 7.96. The third-order valence-corrected chi connectivity index (χ3v) is 5.24. The number of ketones is 1. The minimum Gasteiger partial charge on any atom is -0.467 e. The van der Waals surface area contributed by atoms with E-state index in [4.69, 9.17) is 9.26 Å². The van der Waals surface area contributed by atoms with Gasteiger partial charge in [0, 0.05) is 17.9 Å². The molecule has 0 unspecified atom stereocenters. The van der Waals surface area contributed by atoms with Crippen molar-refractivity contribution in [2.75, 3.05) is 19.1 Å². The lowest BCUT2D eigenvalue weighted by molar-refractivity contribution is 0.101. The second-order valence-electron chi connectivity index (χ2n) is 3.92. The second kappa shape index (κ2) is 6.72. The quantitative estimate of drug-likeness (QED) is 0.432. The Balaban J connectivity index is 2.49. The van der Waals surface area contributed by atoms with Gasteiger partial charge in [0.05, 0.1) is 0 Å². The monoisotopic (exact) mass is 270 g/mol. The van der Waals surface area contributed by atoms with Gasteiger partial charge in [0.15, 0.2) is 12.6 Å². The van der Waals surface area contributed by atoms with Crippen molar-refractivity contribution < 1.29 is 18.6 Å². The largest absolute Gasteiger partial charge is 0.467 e. The Labute approximate surface area is 108 Å². The highest BCUT2D eigenvalue weighted by Crippen LogP contribution is 2.45. The normalized spacial score (nSPS) is 11.3. The van der Waals surface area contributed by atoms with Crippen molar-refractivity contribution in [2.24, 2.45) is 0 Å². The maximum atomic E-state index is 11.9. The molecule has 0 aliphatic heterocycles. The Morgan fingerprint density at radius 1 is 1.17 bits per heavy atom. The first-order chi connectivity index (χ1) is 8.50. The molecule has 0 aliphatic carbocycles. The maximum absolute atomic E-state index is 11.9. The van der Waals surface area contributed by atoms with Crippen LogP contribution in [-0.4, -0.2) is 24.9 Å². The van der Waals surface area contributed by atoms with E-state index in [1.807, 2.05) is 13.8 Å². The SMILES string of the molecule is CCP(=O)(CC)OCOc1ccc(C(C)=O)cc1. The number of hydrogen-bond acceptors (Lipinski definition) is 4. The summed E-state index contributed by atoms with van der Waals surface area (Å²) in [5.74, 6) is 0.609. The first-order valence-electron chi connectivity index (χ1n) is 5.97. The Kier molecular flexibility index (Phi) is 5.57. The summed E-state index contributed by atoms with van der Waals surface area (Å²) in [6.07, 6.45) is 1.02. The lowest BCUT2D eigenvalue weighted by Gasteiger charge is -2.15. The van der Waals surface area contributed by atoms with Crippen LogP contribution in [-0.2, 0) is 9.09 Å². The number of Topliss-reactive ketones (excluding diaryl/α,β-unsaturated/α-hetero) is 1. The Bertz CT molecular complexity index is 431. The molecule has 0 spiro atoms. The van der Waals surface area contributed by atoms with E-state index in [1.165, 1.54) is 6.92 Å². The van der Waals surface area contributed by atoms with Gasteiger partial charge in [-0.25, -0.2) is 0 Å². The van der Waals surface area contributed by atoms with Crippen LogP contribution >= 0.6 is 7.37 Å². The number of carbonyl (C=O) groups excluding carboxylic acids is 1. The van der Waals surface area contributed by atoms with E-state index in [-0.39, 0.29) is 12.6 Å². The van der Waals surface area contributed by atoms with E-state index in [0.717, 1.165) is 0 Å². The molecule has 0 N–H and O–H groups in total. The molecule has 5 heteroatoms. The Hall–Kier alpha value is -1.12. The molecule has 0 aliphatic rings. The summed E-state index contributed by atoms with van der Waals surface area (Å²) in [5.41, 5.74) is 0.635. The van der Waals surface area contributed by atoms with Gasteiger partial charge in [0.1, 0.15) is 5.75 Å². The number of ether oxygens (including phenoxy) is 1. The molecule has 0 atom stereocenters. The van der Waals surface area contributed by atoms with Crippen LogP contribution in [0.5, 0.6) is 5.75 Å². The van der Waals surface area contributed by atoms with E-state index in [9.17, 15) is 9.36 Å². The van der Waals surface area contributed by atoms with Crippen molar-refractivity contribution in [3.05, 3.63) is 29.8 Å². The summed E-state index contributed by atoms with van der Waals surface area (Å²) in [5, 5.41) is 0. The summed E-state index contributed by atoms with van der Waals surface area (Å²) in [6.45, 7) is 5.16. The number of hydrogen-bond donors (Lipinski definition) is 0. The van der Waals surface area contributed by atoms with Crippen LogP contribution in [0, 0.1) is 0 Å². The average Bonchev–Trinajstić information content (AvgIpc) is 2.39. The molecule has 0 fully saturated rings. The smallest absolute Gasteiger partial charge is 0.205 e. The topological polar surface area (TPSA) is 52.6 Å². The molecule has 1 aromatic carbocycles. The van der Waals surface area contributed by atoms with Crippen LogP contribution < -0.4 is 4.74 Å². The molecule has 0 saturated heterocycles. The first kappa shape index (κ1) is 14.9. The molecule has 0 aromatic heterocycles. The number of rotatable bonds is 7. The highest BCUT2D eigenvalue weighted by Gasteiger charge is 2.17. The van der Waals surface area contributed by atoms with E-state index >= 15 is 0 Å². The standard InChI is InChI=1S/C13H19O4P/c1-4-18(15,5-2)17-10-16-13-8-6-12(7-9-13)11(3)14/h6-9H,4-5,10H2,1-3H3. The highest BCUT2D eigenvalue weighted by molar-refractivity contribution is 7.58. The molecular formula is C13H19O4P. The fraction of sp³-hybridized carbons (Fsp3) is 0.462. The van der Waals surface area contributed by atoms with Gasteiger partial charge in [-0.1, -0.05) is 13.8 Å². The second-order valence-corrected chi connectivity index (χ2v) is 7.07. The minimum atomic E-state index is -2.52. The third kappa shape index (κ3) is 4.28. The predicted octanol–water partition coefficient (Wildman–Crippen LogP) is 3.56. The maximum Gasteiger partial charge on any atom is 0.205 e. The highest BCUT2D eigenvalue weighted by atomic mass is 31.2. The molecular weight excluding hydrogens is 251 g/mol. The molecule has 0 amide bonds. The zero-order valence-electron chi connectivity index (χ0n) is 11.0. The van der Waals surface area contributed by atoms with E-state index < -0.39 is 7.37 Å². The van der Waals surface area contributed by atoms with E-state index in [1.54, 1.807) is 24.3 Å². The lowest BCUT2D eigenvalue weighted by Crippen LogP contribution is -2.04. The van der Waals surface area contributed by atoms with Gasteiger partial charge in [-0.3, -0.25) is 13.9 Å². The van der Waals surface area contributed by atoms with Gasteiger partial charge in [0.25, 0.3) is 0 Å². The molecule has 18 heavy (non-hydrogen) atoms. The predicted molar refractivity (Wildman–Crippen MR) is 71.7 cm³/mol. The van der Waals surface area contributed by atoms with Crippen molar-refractivity contribution in [3.8, 4) is 5.75 Å². The zero-order valence-corrected chi connectivity index (χ0v) is 11.9. The van der Waals surface area contributed by atoms with Crippen molar-refractivity contribution in [1.29, 1.82) is 0 Å². The molecule has 1 aromatic rings. The van der Waals surface area contributed by atoms with E-state index in [0.29, 0.717) is 23.6 Å². The van der Waals surface area contributed by atoms with Crippen molar-refractivity contribution >= 4 is 13.2 Å². The van der Waals surface area contributed by atoms with Gasteiger partial charge in [-0.05, 0) is 31.2 Å². The van der Waals surface area contributed by atoms with E-state index in [2.05, 4.69) is 0 Å². The van der Waals surface area contributed by atoms with Gasteiger partial charge in [-0.2, -0.15) is 0 Å². The van der Waals surface area contributed by atoms with Crippen LogP contribution in [0.4, 0.5) is 0 Å². The van der Waals surface area contributed by atoms with Gasteiger partial charge in [0.2, 0.25) is 7.37 Å².